The van der Waals surface area contributed by atoms with E-state index in [0.717, 1.165) is 173 Å². The molecule has 25 rings (SSSR count). The Balaban J connectivity index is 0.000000117. The van der Waals surface area contributed by atoms with Gasteiger partial charge in [-0.05, 0) is 102 Å². The molecule has 14 heterocycles. The average Bonchev–Trinajstić information content (AvgIpc) is 1.56. The van der Waals surface area contributed by atoms with Gasteiger partial charge in [-0.1, -0.05) is 176 Å². The number of furan rings is 3. The molecule has 23 heteroatoms. The molecule has 0 saturated carbocycles. The van der Waals surface area contributed by atoms with Crippen molar-refractivity contribution < 1.29 is 87.8 Å². The Kier molecular flexibility index (Phi) is 20.2. The third kappa shape index (κ3) is 13.3. The maximum atomic E-state index is 6.49. The maximum Gasteiger partial charge on any atom is 2.00 e. The van der Waals surface area contributed by atoms with Crippen molar-refractivity contribution >= 4 is 156 Å². The fourth-order valence-corrected chi connectivity index (χ4v) is 17.8. The molecule has 0 bridgehead atoms. The number of aryl methyl sites for hydroxylation is 7. The summed E-state index contributed by atoms with van der Waals surface area (Å²) in [7, 11) is 6.08. The van der Waals surface area contributed by atoms with Crippen LogP contribution in [0, 0.1) is 50.4 Å². The quantitative estimate of drug-likeness (QED) is 0.0830. The first kappa shape index (κ1) is 78.7. The molecule has 14 aromatic heterocycles. The Morgan fingerprint density at radius 3 is 2.00 bits per heavy atom. The number of benzene rings is 10. The predicted molar refractivity (Wildman–Crippen MR) is 475 cm³/mol. The van der Waals surface area contributed by atoms with Gasteiger partial charge in [-0.15, -0.1) is 135 Å². The first-order chi connectivity index (χ1) is 59.5. The summed E-state index contributed by atoms with van der Waals surface area (Å²) in [5.74, 6) is 2.08. The number of thiophene rings is 1. The Labute approximate surface area is 753 Å². The summed E-state index contributed by atoms with van der Waals surface area (Å²) in [6.07, 6.45) is 14.4. The second-order valence-electron chi connectivity index (χ2n) is 30.1. The van der Waals surface area contributed by atoms with Crippen molar-refractivity contribution in [1.29, 1.82) is 0 Å². The van der Waals surface area contributed by atoms with Crippen LogP contribution in [0.1, 0.15) is 22.4 Å². The van der Waals surface area contributed by atoms with Gasteiger partial charge in [0.1, 0.15) is 33.7 Å². The smallest absolute Gasteiger partial charge is 0.473 e. The van der Waals surface area contributed by atoms with E-state index in [1.165, 1.54) is 11.1 Å². The Morgan fingerprint density at radius 2 is 1.19 bits per heavy atom. The fourth-order valence-electron chi connectivity index (χ4n) is 16.9. The Morgan fingerprint density at radius 1 is 0.468 bits per heavy atom. The van der Waals surface area contributed by atoms with Crippen molar-refractivity contribution in [2.24, 2.45) is 21.1 Å². The number of pyridine rings is 2. The molecule has 19 nitrogen and oxygen atoms in total. The SMILES string of the molecule is Cc1[c-]n(-c2coc3oc(N(c4ccccc4)c4nc5c6c(ccc5n4C)CCc4ccc[c-]c4-6)nc23)c(C)c1.Cn1c(-c2cccc3oc(N(c4ccccc4)c4ccc5occ(-c6[c-]cc7ccccc7c6)c5n4)nc23)[c-]c2ccccc21.Cn1c[c-]c(-c2csc3cc4c5ccccc5n(-c5nc6c(-c7[c-]cccc7)coc6o5)c4nc23)c1.[Pd+2].[Pd+2].[Pd+2]. The second-order valence-corrected chi connectivity index (χ2v) is 31.0. The van der Waals surface area contributed by atoms with Crippen LogP contribution in [0.4, 0.5) is 35.2 Å². The van der Waals surface area contributed by atoms with Gasteiger partial charge in [-0.3, -0.25) is 0 Å². The van der Waals surface area contributed by atoms with E-state index >= 15 is 0 Å². The Hall–Kier alpha value is -13.8. The molecule has 606 valence electrons. The molecular formula is C101H65N13O6Pd3S. The van der Waals surface area contributed by atoms with E-state index in [-0.39, 0.29) is 61.3 Å². The van der Waals surface area contributed by atoms with Gasteiger partial charge in [0, 0.05) is 40.8 Å². The molecule has 0 fully saturated rings. The number of aromatic nitrogens is 11. The number of oxazole rings is 3. The van der Waals surface area contributed by atoms with Gasteiger partial charge in [0.15, 0.2) is 0 Å². The van der Waals surface area contributed by atoms with Crippen LogP contribution in [0.3, 0.4) is 0 Å². The van der Waals surface area contributed by atoms with Gasteiger partial charge >= 0.3 is 90.9 Å². The molecule has 0 radical (unpaired) electrons. The number of hydrogen-bond donors (Lipinski definition) is 0. The van der Waals surface area contributed by atoms with Crippen LogP contribution in [-0.4, -0.2) is 52.7 Å². The van der Waals surface area contributed by atoms with E-state index in [0.29, 0.717) is 63.6 Å². The predicted octanol–water partition coefficient (Wildman–Crippen LogP) is 25.0. The summed E-state index contributed by atoms with van der Waals surface area (Å²) in [5, 5.41) is 7.61. The molecule has 1 aliphatic rings. The van der Waals surface area contributed by atoms with E-state index in [1.807, 2.05) is 215 Å². The maximum absolute atomic E-state index is 6.49. The fraction of sp³-hybridized carbons (Fsp3) is 0.0693. The molecule has 0 saturated heterocycles. The number of hydrogen-bond acceptors (Lipinski definition) is 15. The van der Waals surface area contributed by atoms with E-state index in [9.17, 15) is 0 Å². The molecule has 0 atom stereocenters. The monoisotopic (exact) mass is 1910 g/mol. The van der Waals surface area contributed by atoms with E-state index in [4.69, 9.17) is 56.4 Å². The minimum Gasteiger partial charge on any atom is -0.473 e. The Bertz CT molecular complexity index is 8180. The third-order valence-electron chi connectivity index (χ3n) is 22.6. The van der Waals surface area contributed by atoms with Crippen molar-refractivity contribution in [1.82, 2.24) is 52.7 Å². The van der Waals surface area contributed by atoms with Crippen molar-refractivity contribution in [3.8, 4) is 67.5 Å². The summed E-state index contributed by atoms with van der Waals surface area (Å²) in [4.78, 5) is 34.4. The van der Waals surface area contributed by atoms with E-state index in [1.54, 1.807) is 30.1 Å². The van der Waals surface area contributed by atoms with Crippen LogP contribution >= 0.6 is 11.3 Å². The van der Waals surface area contributed by atoms with Crippen molar-refractivity contribution in [3.63, 3.8) is 0 Å². The molecule has 0 unspecified atom stereocenters. The topological polar surface area (TPSA) is 187 Å². The van der Waals surface area contributed by atoms with Gasteiger partial charge in [0.2, 0.25) is 5.95 Å². The third-order valence-corrected chi connectivity index (χ3v) is 23.6. The molecule has 0 N–H and O–H groups in total. The van der Waals surface area contributed by atoms with Crippen molar-refractivity contribution in [2.45, 2.75) is 26.7 Å². The molecule has 0 aliphatic heterocycles. The number of para-hydroxylation sites is 5. The molecule has 0 spiro atoms. The van der Waals surface area contributed by atoms with Crippen LogP contribution in [0.2, 0.25) is 0 Å². The molecule has 0 amide bonds. The minimum atomic E-state index is 0. The normalized spacial score (nSPS) is 11.8. The van der Waals surface area contributed by atoms with Gasteiger partial charge in [0.05, 0.1) is 57.7 Å². The first-order valence-corrected chi connectivity index (χ1v) is 40.4. The summed E-state index contributed by atoms with van der Waals surface area (Å²) in [6.45, 7) is 4.06. The zero-order chi connectivity index (χ0) is 80.7. The van der Waals surface area contributed by atoms with Crippen molar-refractivity contribution in [3.05, 3.63) is 338 Å². The molecule has 24 aromatic rings. The summed E-state index contributed by atoms with van der Waals surface area (Å²) < 4.78 is 47.8. The second kappa shape index (κ2) is 31.9. The molecule has 10 aromatic carbocycles. The van der Waals surface area contributed by atoms with E-state index < -0.39 is 0 Å². The largest absolute Gasteiger partial charge is 2.00 e. The van der Waals surface area contributed by atoms with Crippen LogP contribution in [0.25, 0.3) is 177 Å². The van der Waals surface area contributed by atoms with Gasteiger partial charge in [-0.25, -0.2) is 34.3 Å². The van der Waals surface area contributed by atoms with Gasteiger partial charge < -0.3 is 44.8 Å². The number of fused-ring (bicyclic) bond motifs is 15. The van der Waals surface area contributed by atoms with Crippen LogP contribution in [0.5, 0.6) is 0 Å². The standard InChI is InChI=1S/C39H24N4O2.C33H25N5O2.C29H16N4O2S.3Pd/c1-42-32-16-8-7-12-28(32)23-33(42)30-15-9-17-35-37(30)41-39(45-35)43(29-13-3-2-4-14-29)36-21-20-34-38(40-36)31(24-44-34)27-19-18-25-10-5-6-11-26(25)22-27;1-20-17-21(2)37(18-20)27-19-39-31-30(27)35-33(40-31)38(24-10-5-4-6-11-24)32-34-29-26(36(32)3)16-15-23-14-13-22-9-7-8-12-25(22)28(23)29;1-32-12-11-18(14-32)22-16-36-24-13-20-19-9-5-6-10-23(19)33(27(20)30-25(22)24)29-31-26-21(15-34-28(26)35-29)17-7-3-2-4-8-17;;;/h2-18,20-22,24H,1H3;4-11,15-17,19H,13-14H2,1-3H3;2-7,9-10,12-16H,1H3;;;/q3*-2;3*+2. The number of nitrogens with zero attached hydrogens (tertiary/aromatic N) is 13. The zero-order valence-corrected chi connectivity index (χ0v) is 72.1. The van der Waals surface area contributed by atoms with Gasteiger partial charge in [0.25, 0.3) is 0 Å². The molecular weight excluding hydrogens is 1840 g/mol. The number of anilines is 6. The van der Waals surface area contributed by atoms with Crippen LogP contribution in [-0.2, 0) is 95.3 Å². The van der Waals surface area contributed by atoms with Gasteiger partial charge in [-0.2, -0.15) is 39.0 Å². The number of imidazole rings is 1. The summed E-state index contributed by atoms with van der Waals surface area (Å²) >= 11 is 1.69. The van der Waals surface area contributed by atoms with Crippen molar-refractivity contribution in [2.75, 3.05) is 9.80 Å². The summed E-state index contributed by atoms with van der Waals surface area (Å²) in [6, 6.07) is 99.7. The summed E-state index contributed by atoms with van der Waals surface area (Å²) in [5.41, 5.74) is 27.0. The molecule has 124 heavy (non-hydrogen) atoms. The van der Waals surface area contributed by atoms with Crippen LogP contribution < -0.4 is 9.80 Å². The number of rotatable bonds is 12. The van der Waals surface area contributed by atoms with Crippen LogP contribution in [0.15, 0.2) is 306 Å². The zero-order valence-electron chi connectivity index (χ0n) is 66.6. The van der Waals surface area contributed by atoms with E-state index in [2.05, 4.69) is 149 Å². The average molecular weight is 1910 g/mol. The first-order valence-electron chi connectivity index (χ1n) is 39.5. The molecule has 1 aliphatic carbocycles. The minimum absolute atomic E-state index is 0.